The van der Waals surface area contributed by atoms with E-state index in [1.807, 2.05) is 0 Å². The van der Waals surface area contributed by atoms with Crippen molar-refractivity contribution in [2.24, 2.45) is 0 Å². The zero-order chi connectivity index (χ0) is 12.3. The molecule has 5 heteroatoms. The van der Waals surface area contributed by atoms with E-state index < -0.39 is 17.0 Å². The number of hydrogen-bond acceptors (Lipinski definition) is 2. The number of carboxylic acids is 1. The lowest BCUT2D eigenvalue weighted by molar-refractivity contribution is 0.0696. The minimum atomic E-state index is -1.99. The van der Waals surface area contributed by atoms with Gasteiger partial charge in [0, 0.05) is 5.41 Å². The molecule has 0 saturated heterocycles. The van der Waals surface area contributed by atoms with Crippen LogP contribution in [0.4, 0.5) is 0 Å². The number of hydrogen-bond donors (Lipinski definition) is 2. The molecule has 0 radical (unpaired) electrons. The molecule has 0 amide bonds. The first-order valence-corrected chi connectivity index (χ1v) is 5.71. The molecule has 0 aliphatic rings. The monoisotopic (exact) mass is 240 g/mol. The molecule has 2 N–H and O–H groups in total. The van der Waals surface area contributed by atoms with E-state index in [1.165, 1.54) is 18.2 Å². The highest BCUT2D eigenvalue weighted by molar-refractivity contribution is 7.82. The first-order valence-electron chi connectivity index (χ1n) is 4.54. The molecule has 1 atom stereocenters. The average Bonchev–Trinajstić information content (AvgIpc) is 2.15. The molecule has 0 heterocycles. The van der Waals surface area contributed by atoms with Gasteiger partial charge in [0.2, 0.25) is 0 Å². The maximum Gasteiger partial charge on any atom is 0.335 e. The largest absolute Gasteiger partial charge is 0.478 e. The summed E-state index contributed by atoms with van der Waals surface area (Å²) >= 11 is -1.99. The maximum absolute atomic E-state index is 10.8. The van der Waals surface area contributed by atoms with Gasteiger partial charge in [-0.15, -0.1) is 0 Å². The number of rotatable bonds is 3. The second-order valence-corrected chi connectivity index (χ2v) is 4.23. The Bertz CT molecular complexity index is 454. The van der Waals surface area contributed by atoms with Gasteiger partial charge in [-0.05, 0) is 48.7 Å². The zero-order valence-corrected chi connectivity index (χ0v) is 9.75. The molecular formula is C11H12O4S. The molecule has 0 saturated carbocycles. The summed E-state index contributed by atoms with van der Waals surface area (Å²) in [6.07, 6.45) is 1.52. The Kier molecular flexibility index (Phi) is 3.98. The molecule has 4 nitrogen and oxygen atoms in total. The zero-order valence-electron chi connectivity index (χ0n) is 8.93. The second-order valence-electron chi connectivity index (χ2n) is 3.41. The quantitative estimate of drug-likeness (QED) is 0.794. The third-order valence-electron chi connectivity index (χ3n) is 2.19. The number of benzene rings is 1. The normalized spacial score (nSPS) is 12.9. The van der Waals surface area contributed by atoms with Crippen LogP contribution >= 0.6 is 0 Å². The van der Waals surface area contributed by atoms with Crippen LogP contribution in [-0.2, 0) is 11.1 Å². The summed E-state index contributed by atoms with van der Waals surface area (Å²) in [5.74, 6) is -0.979. The molecule has 1 aromatic rings. The molecule has 0 spiro atoms. The molecule has 1 aromatic carbocycles. The Labute approximate surface area is 95.9 Å². The van der Waals surface area contributed by atoms with Crippen molar-refractivity contribution in [2.75, 3.05) is 0 Å². The fourth-order valence-corrected chi connectivity index (χ4v) is 1.74. The van der Waals surface area contributed by atoms with E-state index in [9.17, 15) is 9.00 Å². The van der Waals surface area contributed by atoms with Crippen molar-refractivity contribution >= 4 is 23.1 Å². The average molecular weight is 240 g/mol. The minimum absolute atomic E-state index is 0.220. The Hall–Kier alpha value is -1.46. The fourth-order valence-electron chi connectivity index (χ4n) is 1.49. The van der Waals surface area contributed by atoms with E-state index in [4.69, 9.17) is 9.66 Å². The maximum atomic E-state index is 10.8. The Morgan fingerprint density at radius 2 is 1.81 bits per heavy atom. The van der Waals surface area contributed by atoms with E-state index in [-0.39, 0.29) is 5.56 Å². The van der Waals surface area contributed by atoms with Crippen molar-refractivity contribution in [3.63, 3.8) is 0 Å². The Morgan fingerprint density at radius 1 is 1.31 bits per heavy atom. The second kappa shape index (κ2) is 5.05. The van der Waals surface area contributed by atoms with E-state index in [0.717, 1.165) is 22.1 Å². The molecule has 1 rings (SSSR count). The van der Waals surface area contributed by atoms with Gasteiger partial charge in [0.25, 0.3) is 0 Å². The topological polar surface area (TPSA) is 74.6 Å². The summed E-state index contributed by atoms with van der Waals surface area (Å²) in [6.45, 7) is 3.53. The van der Waals surface area contributed by atoms with E-state index in [2.05, 4.69) is 0 Å². The molecular weight excluding hydrogens is 228 g/mol. The smallest absolute Gasteiger partial charge is 0.335 e. The SMILES string of the molecule is Cc1cc(C(=O)O)cc(C)c1/C=C/S(=O)O. The van der Waals surface area contributed by atoms with Crippen LogP contribution < -0.4 is 0 Å². The molecule has 0 aliphatic carbocycles. The van der Waals surface area contributed by atoms with Crippen LogP contribution in [0, 0.1) is 13.8 Å². The highest BCUT2D eigenvalue weighted by atomic mass is 32.2. The number of aromatic carboxylic acids is 1. The lowest BCUT2D eigenvalue weighted by Crippen LogP contribution is -1.99. The summed E-state index contributed by atoms with van der Waals surface area (Å²) in [6, 6.07) is 3.07. The van der Waals surface area contributed by atoms with Crippen LogP contribution in [0.5, 0.6) is 0 Å². The van der Waals surface area contributed by atoms with Crippen LogP contribution in [0.1, 0.15) is 27.0 Å². The summed E-state index contributed by atoms with van der Waals surface area (Å²) in [5.41, 5.74) is 2.52. The fraction of sp³-hybridized carbons (Fsp3) is 0.182. The predicted octanol–water partition coefficient (Wildman–Crippen LogP) is 2.19. The van der Waals surface area contributed by atoms with Gasteiger partial charge in [-0.3, -0.25) is 0 Å². The number of carboxylic acid groups (broad SMARTS) is 1. The molecule has 16 heavy (non-hydrogen) atoms. The van der Waals surface area contributed by atoms with Crippen LogP contribution in [-0.4, -0.2) is 19.8 Å². The first-order chi connectivity index (χ1) is 7.41. The van der Waals surface area contributed by atoms with E-state index in [0.29, 0.717) is 0 Å². The molecule has 0 aromatic heterocycles. The standard InChI is InChI=1S/C11H12O4S/c1-7-5-9(11(12)13)6-8(2)10(7)3-4-16(14)15/h3-6H,1-2H3,(H,12,13)(H,14,15)/b4-3+. The number of aryl methyl sites for hydroxylation is 2. The van der Waals surface area contributed by atoms with Crippen LogP contribution in [0.15, 0.2) is 17.5 Å². The van der Waals surface area contributed by atoms with Gasteiger partial charge in [-0.2, -0.15) is 0 Å². The Balaban J connectivity index is 3.22. The summed E-state index contributed by atoms with van der Waals surface area (Å²) in [4.78, 5) is 10.8. The van der Waals surface area contributed by atoms with Gasteiger partial charge >= 0.3 is 5.97 Å². The van der Waals surface area contributed by atoms with Crippen LogP contribution in [0.2, 0.25) is 0 Å². The van der Waals surface area contributed by atoms with E-state index >= 15 is 0 Å². The molecule has 0 fully saturated rings. The van der Waals surface area contributed by atoms with Crippen molar-refractivity contribution in [1.82, 2.24) is 0 Å². The van der Waals surface area contributed by atoms with Crippen molar-refractivity contribution < 1.29 is 18.7 Å². The van der Waals surface area contributed by atoms with Crippen LogP contribution in [0.25, 0.3) is 6.08 Å². The highest BCUT2D eigenvalue weighted by Crippen LogP contribution is 2.18. The minimum Gasteiger partial charge on any atom is -0.478 e. The first kappa shape index (κ1) is 12.6. The molecule has 0 aliphatic heterocycles. The van der Waals surface area contributed by atoms with Gasteiger partial charge in [0.05, 0.1) is 5.56 Å². The number of carbonyl (C=O) groups is 1. The lowest BCUT2D eigenvalue weighted by atomic mass is 9.99. The van der Waals surface area contributed by atoms with Crippen molar-refractivity contribution in [3.8, 4) is 0 Å². The summed E-state index contributed by atoms with van der Waals surface area (Å²) in [5, 5.41) is 9.98. The highest BCUT2D eigenvalue weighted by Gasteiger charge is 2.07. The van der Waals surface area contributed by atoms with Crippen molar-refractivity contribution in [1.29, 1.82) is 0 Å². The van der Waals surface area contributed by atoms with Gasteiger partial charge in [-0.1, -0.05) is 0 Å². The Morgan fingerprint density at radius 3 is 2.19 bits per heavy atom. The van der Waals surface area contributed by atoms with Gasteiger partial charge in [-0.25, -0.2) is 9.00 Å². The third-order valence-corrected chi connectivity index (χ3v) is 2.56. The summed E-state index contributed by atoms with van der Waals surface area (Å²) < 4.78 is 19.1. The molecule has 0 bridgehead atoms. The van der Waals surface area contributed by atoms with E-state index in [1.54, 1.807) is 13.8 Å². The van der Waals surface area contributed by atoms with Crippen LogP contribution in [0.3, 0.4) is 0 Å². The van der Waals surface area contributed by atoms with Gasteiger partial charge in [0.1, 0.15) is 0 Å². The third kappa shape index (κ3) is 3.01. The lowest BCUT2D eigenvalue weighted by Gasteiger charge is -2.06. The predicted molar refractivity (Wildman–Crippen MR) is 62.7 cm³/mol. The van der Waals surface area contributed by atoms with Crippen molar-refractivity contribution in [3.05, 3.63) is 39.8 Å². The molecule has 1 unspecified atom stereocenters. The van der Waals surface area contributed by atoms with Gasteiger partial charge in [0.15, 0.2) is 11.1 Å². The van der Waals surface area contributed by atoms with Crippen molar-refractivity contribution in [2.45, 2.75) is 13.8 Å². The summed E-state index contributed by atoms with van der Waals surface area (Å²) in [7, 11) is 0. The molecule has 86 valence electrons. The van der Waals surface area contributed by atoms with Gasteiger partial charge < -0.3 is 9.66 Å².